The maximum absolute atomic E-state index is 12.6. The molecule has 0 saturated carbocycles. The third-order valence-electron chi connectivity index (χ3n) is 3.08. The van der Waals surface area contributed by atoms with Gasteiger partial charge in [-0.25, -0.2) is 14.2 Å². The summed E-state index contributed by atoms with van der Waals surface area (Å²) in [4.78, 5) is 36.3. The average molecular weight is 317 g/mol. The highest BCUT2D eigenvalue weighted by Crippen LogP contribution is 2.27. The number of ether oxygens (including phenoxy) is 2. The van der Waals surface area contributed by atoms with Crippen molar-refractivity contribution in [2.24, 2.45) is 0 Å². The average Bonchev–Trinajstić information content (AvgIpc) is 2.80. The first-order valence-electron chi connectivity index (χ1n) is 7.29. The van der Waals surface area contributed by atoms with Gasteiger partial charge in [-0.15, -0.1) is 0 Å². The van der Waals surface area contributed by atoms with Crippen molar-refractivity contribution < 1.29 is 23.9 Å². The Kier molecular flexibility index (Phi) is 4.54. The van der Waals surface area contributed by atoms with E-state index < -0.39 is 17.7 Å². The van der Waals surface area contributed by atoms with E-state index >= 15 is 0 Å². The third-order valence-corrected chi connectivity index (χ3v) is 3.08. The third kappa shape index (κ3) is 3.26. The highest BCUT2D eigenvalue weighted by Gasteiger charge is 2.29. The molecule has 0 bridgehead atoms. The number of nitrogens with zero attached hydrogens (tertiary/aromatic N) is 1. The molecule has 0 radical (unpaired) electrons. The van der Waals surface area contributed by atoms with Crippen LogP contribution < -0.4 is 0 Å². The second kappa shape index (κ2) is 6.24. The van der Waals surface area contributed by atoms with Crippen LogP contribution in [0.1, 0.15) is 48.5 Å². The van der Waals surface area contributed by atoms with Gasteiger partial charge in [0.05, 0.1) is 17.7 Å². The van der Waals surface area contributed by atoms with Crippen molar-refractivity contribution >= 4 is 29.3 Å². The molecule has 1 heterocycles. The van der Waals surface area contributed by atoms with E-state index in [2.05, 4.69) is 0 Å². The van der Waals surface area contributed by atoms with Gasteiger partial charge in [0.15, 0.2) is 6.29 Å². The first-order valence-corrected chi connectivity index (χ1v) is 7.29. The molecule has 0 spiro atoms. The number of hydrogen-bond acceptors (Lipinski definition) is 5. The predicted octanol–water partition coefficient (Wildman–Crippen LogP) is 3.41. The molecule has 0 aliphatic rings. The first-order chi connectivity index (χ1) is 10.8. The minimum atomic E-state index is -0.740. The SMILES string of the molecule is CCOC(=O)c1c(C=O)c2ccccc2n1C(=O)OC(C)(C)C. The van der Waals surface area contributed by atoms with E-state index in [1.54, 1.807) is 52.0 Å². The molecule has 23 heavy (non-hydrogen) atoms. The summed E-state index contributed by atoms with van der Waals surface area (Å²) < 4.78 is 11.5. The molecule has 2 aromatic rings. The van der Waals surface area contributed by atoms with E-state index in [0.29, 0.717) is 17.2 Å². The minimum Gasteiger partial charge on any atom is -0.461 e. The Bertz CT molecular complexity index is 767. The van der Waals surface area contributed by atoms with E-state index in [4.69, 9.17) is 9.47 Å². The number of para-hydroxylation sites is 1. The van der Waals surface area contributed by atoms with Gasteiger partial charge in [-0.05, 0) is 33.8 Å². The molecule has 0 atom stereocenters. The van der Waals surface area contributed by atoms with Gasteiger partial charge in [0.25, 0.3) is 0 Å². The highest BCUT2D eigenvalue weighted by molar-refractivity contribution is 6.12. The van der Waals surface area contributed by atoms with E-state index in [1.807, 2.05) is 0 Å². The van der Waals surface area contributed by atoms with Crippen LogP contribution in [0.3, 0.4) is 0 Å². The fourth-order valence-electron chi connectivity index (χ4n) is 2.28. The number of esters is 1. The van der Waals surface area contributed by atoms with Crippen LogP contribution in [-0.2, 0) is 9.47 Å². The molecule has 2 rings (SSSR count). The molecule has 0 unspecified atom stereocenters. The van der Waals surface area contributed by atoms with Crippen LogP contribution in [0.15, 0.2) is 24.3 Å². The van der Waals surface area contributed by atoms with E-state index in [0.717, 1.165) is 4.57 Å². The summed E-state index contributed by atoms with van der Waals surface area (Å²) in [5.74, 6) is -0.739. The Morgan fingerprint density at radius 1 is 1.22 bits per heavy atom. The molecule has 0 N–H and O–H groups in total. The van der Waals surface area contributed by atoms with Crippen LogP contribution in [0.4, 0.5) is 4.79 Å². The van der Waals surface area contributed by atoms with Crippen molar-refractivity contribution in [3.8, 4) is 0 Å². The second-order valence-corrected chi connectivity index (χ2v) is 5.93. The summed E-state index contributed by atoms with van der Waals surface area (Å²) in [7, 11) is 0. The highest BCUT2D eigenvalue weighted by atomic mass is 16.6. The molecule has 1 aromatic heterocycles. The van der Waals surface area contributed by atoms with Gasteiger partial charge in [0.2, 0.25) is 0 Å². The molecule has 0 fully saturated rings. The zero-order chi connectivity index (χ0) is 17.2. The van der Waals surface area contributed by atoms with Crippen LogP contribution in [0, 0.1) is 0 Å². The van der Waals surface area contributed by atoms with E-state index in [1.165, 1.54) is 0 Å². The first kappa shape index (κ1) is 16.7. The zero-order valence-corrected chi connectivity index (χ0v) is 13.6. The van der Waals surface area contributed by atoms with Crippen LogP contribution in [0.25, 0.3) is 10.9 Å². The van der Waals surface area contributed by atoms with Gasteiger partial charge in [0, 0.05) is 5.39 Å². The Balaban J connectivity index is 2.74. The summed E-state index contributed by atoms with van der Waals surface area (Å²) in [6.45, 7) is 6.95. The Hall–Kier alpha value is -2.63. The number of aromatic nitrogens is 1. The molecule has 0 saturated heterocycles. The Morgan fingerprint density at radius 2 is 1.87 bits per heavy atom. The van der Waals surface area contributed by atoms with Crippen molar-refractivity contribution in [2.45, 2.75) is 33.3 Å². The lowest BCUT2D eigenvalue weighted by Crippen LogP contribution is -2.29. The molecule has 6 heteroatoms. The van der Waals surface area contributed by atoms with Gasteiger partial charge >= 0.3 is 12.1 Å². The number of aldehydes is 1. The second-order valence-electron chi connectivity index (χ2n) is 5.93. The molecule has 6 nitrogen and oxygen atoms in total. The standard InChI is InChI=1S/C17H19NO5/c1-5-22-15(20)14-12(10-19)11-8-6-7-9-13(11)18(14)16(21)23-17(2,3)4/h6-10H,5H2,1-4H3. The molecule has 122 valence electrons. The number of hydrogen-bond donors (Lipinski definition) is 0. The number of carbonyl (C=O) groups is 3. The number of fused-ring (bicyclic) bond motifs is 1. The molecular weight excluding hydrogens is 298 g/mol. The monoisotopic (exact) mass is 317 g/mol. The van der Waals surface area contributed by atoms with Crippen molar-refractivity contribution in [3.63, 3.8) is 0 Å². The Morgan fingerprint density at radius 3 is 2.43 bits per heavy atom. The summed E-state index contributed by atoms with van der Waals surface area (Å²) in [5, 5.41) is 0.497. The lowest BCUT2D eigenvalue weighted by molar-refractivity contribution is 0.0452. The normalized spacial score (nSPS) is 11.3. The van der Waals surface area contributed by atoms with Crippen molar-refractivity contribution in [1.29, 1.82) is 0 Å². The van der Waals surface area contributed by atoms with Crippen LogP contribution >= 0.6 is 0 Å². The smallest absolute Gasteiger partial charge is 0.419 e. The Labute approximate surface area is 134 Å². The van der Waals surface area contributed by atoms with Crippen molar-refractivity contribution in [1.82, 2.24) is 4.57 Å². The summed E-state index contributed by atoms with van der Waals surface area (Å²) >= 11 is 0. The largest absolute Gasteiger partial charge is 0.461 e. The van der Waals surface area contributed by atoms with Crippen LogP contribution in [-0.4, -0.2) is 35.1 Å². The maximum Gasteiger partial charge on any atom is 0.419 e. The van der Waals surface area contributed by atoms with Crippen LogP contribution in [0.5, 0.6) is 0 Å². The van der Waals surface area contributed by atoms with Crippen molar-refractivity contribution in [2.75, 3.05) is 6.61 Å². The van der Waals surface area contributed by atoms with Gasteiger partial charge in [-0.1, -0.05) is 18.2 Å². The summed E-state index contributed by atoms with van der Waals surface area (Å²) in [5.41, 5.74) is -0.315. The lowest BCUT2D eigenvalue weighted by atomic mass is 10.1. The van der Waals surface area contributed by atoms with Gasteiger partial charge in [-0.2, -0.15) is 0 Å². The fourth-order valence-corrected chi connectivity index (χ4v) is 2.28. The van der Waals surface area contributed by atoms with E-state index in [9.17, 15) is 14.4 Å². The quantitative estimate of drug-likeness (QED) is 0.640. The zero-order valence-electron chi connectivity index (χ0n) is 13.6. The number of benzene rings is 1. The molecule has 0 aliphatic carbocycles. The maximum atomic E-state index is 12.6. The molecule has 0 amide bonds. The molecule has 1 aromatic carbocycles. The van der Waals surface area contributed by atoms with Crippen molar-refractivity contribution in [3.05, 3.63) is 35.5 Å². The van der Waals surface area contributed by atoms with E-state index in [-0.39, 0.29) is 17.9 Å². The van der Waals surface area contributed by atoms with Gasteiger partial charge < -0.3 is 9.47 Å². The summed E-state index contributed by atoms with van der Waals surface area (Å²) in [6, 6.07) is 6.76. The fraction of sp³-hybridized carbons (Fsp3) is 0.353. The molecule has 0 aliphatic heterocycles. The lowest BCUT2D eigenvalue weighted by Gasteiger charge is -2.20. The van der Waals surface area contributed by atoms with Gasteiger partial charge in [-0.3, -0.25) is 4.79 Å². The van der Waals surface area contributed by atoms with Gasteiger partial charge in [0.1, 0.15) is 11.3 Å². The number of carbonyl (C=O) groups excluding carboxylic acids is 3. The minimum absolute atomic E-state index is 0.114. The predicted molar refractivity (Wildman–Crippen MR) is 84.9 cm³/mol. The topological polar surface area (TPSA) is 74.6 Å². The number of rotatable bonds is 3. The van der Waals surface area contributed by atoms with Crippen LogP contribution in [0.2, 0.25) is 0 Å². The summed E-state index contributed by atoms with van der Waals surface area (Å²) in [6.07, 6.45) is -0.181. The molecular formula is C17H19NO5.